The molecule has 0 spiro atoms. The Balaban J connectivity index is 2.11. The van der Waals surface area contributed by atoms with Gasteiger partial charge in [0.05, 0.1) is 6.20 Å². The number of nitrogens with one attached hydrogen (secondary N) is 2. The second-order valence-electron chi connectivity index (χ2n) is 4.18. The lowest BCUT2D eigenvalue weighted by Crippen LogP contribution is -2.06. The van der Waals surface area contributed by atoms with E-state index in [1.165, 1.54) is 0 Å². The standard InChI is InChI=1S/C13H16ClN5/c1-3-6-15-12-8-16-19-13(18-12)17-10-5-4-9(2)11(14)7-10/h4-5,7-8H,3,6H2,1-2H3,(H2,15,17,18,19). The lowest BCUT2D eigenvalue weighted by Gasteiger charge is -2.07. The van der Waals surface area contributed by atoms with E-state index in [9.17, 15) is 0 Å². The van der Waals surface area contributed by atoms with Crippen LogP contribution in [-0.4, -0.2) is 21.7 Å². The third-order valence-electron chi connectivity index (χ3n) is 2.54. The number of benzene rings is 1. The van der Waals surface area contributed by atoms with Crippen molar-refractivity contribution in [3.8, 4) is 0 Å². The molecule has 0 aliphatic rings. The Morgan fingerprint density at radius 2 is 2.16 bits per heavy atom. The molecule has 1 aromatic carbocycles. The van der Waals surface area contributed by atoms with Gasteiger partial charge in [-0.3, -0.25) is 0 Å². The summed E-state index contributed by atoms with van der Waals surface area (Å²) in [5.41, 5.74) is 1.87. The Morgan fingerprint density at radius 3 is 2.89 bits per heavy atom. The van der Waals surface area contributed by atoms with Gasteiger partial charge in [0.2, 0.25) is 5.95 Å². The van der Waals surface area contributed by atoms with E-state index >= 15 is 0 Å². The first-order valence-corrected chi connectivity index (χ1v) is 6.53. The van der Waals surface area contributed by atoms with Crippen molar-refractivity contribution in [2.75, 3.05) is 17.2 Å². The molecule has 0 aliphatic heterocycles. The molecule has 0 atom stereocenters. The molecule has 0 fully saturated rings. The van der Waals surface area contributed by atoms with E-state index in [1.54, 1.807) is 6.20 Å². The van der Waals surface area contributed by atoms with Gasteiger partial charge in [-0.25, -0.2) is 0 Å². The summed E-state index contributed by atoms with van der Waals surface area (Å²) in [5.74, 6) is 1.15. The maximum atomic E-state index is 6.07. The van der Waals surface area contributed by atoms with Crippen LogP contribution in [0.3, 0.4) is 0 Å². The van der Waals surface area contributed by atoms with Crippen molar-refractivity contribution in [1.29, 1.82) is 0 Å². The van der Waals surface area contributed by atoms with E-state index in [0.717, 1.165) is 24.2 Å². The van der Waals surface area contributed by atoms with E-state index in [-0.39, 0.29) is 0 Å². The minimum absolute atomic E-state index is 0.445. The van der Waals surface area contributed by atoms with Crippen LogP contribution in [0.15, 0.2) is 24.4 Å². The number of halogens is 1. The van der Waals surface area contributed by atoms with Crippen LogP contribution in [0.25, 0.3) is 0 Å². The Labute approximate surface area is 117 Å². The minimum atomic E-state index is 0.445. The fourth-order valence-electron chi connectivity index (χ4n) is 1.49. The second-order valence-corrected chi connectivity index (χ2v) is 4.59. The van der Waals surface area contributed by atoms with Crippen LogP contribution >= 0.6 is 11.6 Å². The maximum Gasteiger partial charge on any atom is 0.249 e. The minimum Gasteiger partial charge on any atom is -0.369 e. The molecule has 0 aliphatic carbocycles. The Bertz CT molecular complexity index is 558. The zero-order chi connectivity index (χ0) is 13.7. The molecule has 2 N–H and O–H groups in total. The molecular formula is C13H16ClN5. The third-order valence-corrected chi connectivity index (χ3v) is 2.95. The fourth-order valence-corrected chi connectivity index (χ4v) is 1.68. The molecule has 0 radical (unpaired) electrons. The molecule has 19 heavy (non-hydrogen) atoms. The molecule has 0 amide bonds. The van der Waals surface area contributed by atoms with Crippen LogP contribution in [0.4, 0.5) is 17.5 Å². The highest BCUT2D eigenvalue weighted by Gasteiger charge is 2.02. The summed E-state index contributed by atoms with van der Waals surface area (Å²) in [5, 5.41) is 14.8. The van der Waals surface area contributed by atoms with Crippen LogP contribution in [0.5, 0.6) is 0 Å². The molecule has 2 rings (SSSR count). The van der Waals surface area contributed by atoms with Gasteiger partial charge in [0.15, 0.2) is 5.82 Å². The molecule has 1 heterocycles. The van der Waals surface area contributed by atoms with E-state index in [2.05, 4.69) is 32.7 Å². The van der Waals surface area contributed by atoms with Crippen molar-refractivity contribution in [3.05, 3.63) is 35.0 Å². The third kappa shape index (κ3) is 3.79. The highest BCUT2D eigenvalue weighted by atomic mass is 35.5. The zero-order valence-electron chi connectivity index (χ0n) is 10.9. The van der Waals surface area contributed by atoms with Crippen molar-refractivity contribution >= 4 is 29.1 Å². The molecule has 0 bridgehead atoms. The van der Waals surface area contributed by atoms with Gasteiger partial charge in [0, 0.05) is 17.3 Å². The van der Waals surface area contributed by atoms with Crippen LogP contribution in [0, 0.1) is 6.92 Å². The second kappa shape index (κ2) is 6.33. The average molecular weight is 278 g/mol. The molecule has 100 valence electrons. The quantitative estimate of drug-likeness (QED) is 0.877. The summed E-state index contributed by atoms with van der Waals surface area (Å²) in [6, 6.07) is 5.71. The molecule has 1 aromatic heterocycles. The highest BCUT2D eigenvalue weighted by molar-refractivity contribution is 6.31. The van der Waals surface area contributed by atoms with Gasteiger partial charge in [-0.1, -0.05) is 24.6 Å². The van der Waals surface area contributed by atoms with Crippen molar-refractivity contribution in [3.63, 3.8) is 0 Å². The highest BCUT2D eigenvalue weighted by Crippen LogP contribution is 2.21. The van der Waals surface area contributed by atoms with Gasteiger partial charge >= 0.3 is 0 Å². The van der Waals surface area contributed by atoms with Crippen molar-refractivity contribution < 1.29 is 0 Å². The number of aryl methyl sites for hydroxylation is 1. The van der Waals surface area contributed by atoms with Gasteiger partial charge in [-0.15, -0.1) is 5.10 Å². The van der Waals surface area contributed by atoms with E-state index in [0.29, 0.717) is 16.8 Å². The topological polar surface area (TPSA) is 62.7 Å². The smallest absolute Gasteiger partial charge is 0.249 e. The number of hydrogen-bond acceptors (Lipinski definition) is 5. The van der Waals surface area contributed by atoms with Gasteiger partial charge < -0.3 is 10.6 Å². The molecule has 0 saturated carbocycles. The predicted octanol–water partition coefficient (Wildman–Crippen LogP) is 3.40. The summed E-state index contributed by atoms with van der Waals surface area (Å²) in [6.45, 7) is 4.91. The Morgan fingerprint density at radius 1 is 1.32 bits per heavy atom. The molecular weight excluding hydrogens is 262 g/mol. The number of rotatable bonds is 5. The van der Waals surface area contributed by atoms with E-state index in [4.69, 9.17) is 11.6 Å². The average Bonchev–Trinajstić information content (AvgIpc) is 2.41. The van der Waals surface area contributed by atoms with E-state index < -0.39 is 0 Å². The molecule has 6 heteroatoms. The fraction of sp³-hybridized carbons (Fsp3) is 0.308. The van der Waals surface area contributed by atoms with Gasteiger partial charge in [0.1, 0.15) is 0 Å². The number of hydrogen-bond donors (Lipinski definition) is 2. The van der Waals surface area contributed by atoms with Crippen molar-refractivity contribution in [1.82, 2.24) is 15.2 Å². The van der Waals surface area contributed by atoms with E-state index in [1.807, 2.05) is 25.1 Å². The maximum absolute atomic E-state index is 6.07. The van der Waals surface area contributed by atoms with Gasteiger partial charge in [-0.2, -0.15) is 10.1 Å². The zero-order valence-corrected chi connectivity index (χ0v) is 11.7. The monoisotopic (exact) mass is 277 g/mol. The molecule has 5 nitrogen and oxygen atoms in total. The first-order chi connectivity index (χ1) is 9.19. The lowest BCUT2D eigenvalue weighted by molar-refractivity contribution is 0.935. The lowest BCUT2D eigenvalue weighted by atomic mass is 10.2. The summed E-state index contributed by atoms with van der Waals surface area (Å²) < 4.78 is 0. The summed E-state index contributed by atoms with van der Waals surface area (Å²) in [6.07, 6.45) is 2.63. The normalized spacial score (nSPS) is 10.3. The molecule has 0 saturated heterocycles. The van der Waals surface area contributed by atoms with Crippen LogP contribution in [-0.2, 0) is 0 Å². The first-order valence-electron chi connectivity index (χ1n) is 6.16. The summed E-state index contributed by atoms with van der Waals surface area (Å²) >= 11 is 6.07. The van der Waals surface area contributed by atoms with Crippen molar-refractivity contribution in [2.24, 2.45) is 0 Å². The van der Waals surface area contributed by atoms with Crippen LogP contribution in [0.2, 0.25) is 5.02 Å². The Hall–Kier alpha value is -1.88. The molecule has 2 aromatic rings. The van der Waals surface area contributed by atoms with Crippen LogP contribution in [0.1, 0.15) is 18.9 Å². The van der Waals surface area contributed by atoms with Crippen LogP contribution < -0.4 is 10.6 Å². The molecule has 0 unspecified atom stereocenters. The first kappa shape index (κ1) is 13.5. The van der Waals surface area contributed by atoms with Gasteiger partial charge in [0.25, 0.3) is 0 Å². The van der Waals surface area contributed by atoms with Crippen molar-refractivity contribution in [2.45, 2.75) is 20.3 Å². The number of anilines is 3. The number of aromatic nitrogens is 3. The Kier molecular flexibility index (Phi) is 4.52. The summed E-state index contributed by atoms with van der Waals surface area (Å²) in [7, 11) is 0. The predicted molar refractivity (Wildman–Crippen MR) is 78.1 cm³/mol. The van der Waals surface area contributed by atoms with Gasteiger partial charge in [-0.05, 0) is 31.0 Å². The SMILES string of the molecule is CCCNc1cnnc(Nc2ccc(C)c(Cl)c2)n1. The largest absolute Gasteiger partial charge is 0.369 e. The number of nitrogens with zero attached hydrogens (tertiary/aromatic N) is 3. The summed E-state index contributed by atoms with van der Waals surface area (Å²) in [4.78, 5) is 4.32.